The van der Waals surface area contributed by atoms with Gasteiger partial charge in [0.25, 0.3) is 0 Å². The first-order valence-corrected chi connectivity index (χ1v) is 10.9. The van der Waals surface area contributed by atoms with Gasteiger partial charge in [0.05, 0.1) is 17.7 Å². The molecule has 4 aromatic rings. The second kappa shape index (κ2) is 8.80. The van der Waals surface area contributed by atoms with Crippen LogP contribution in [0.5, 0.6) is 0 Å². The molecule has 6 heteroatoms. The first-order valence-electron chi connectivity index (χ1n) is 9.62. The molecule has 29 heavy (non-hydrogen) atoms. The molecular formula is C23H23ClN4S. The molecule has 2 heterocycles. The minimum Gasteiger partial charge on any atom is -0.337 e. The van der Waals surface area contributed by atoms with E-state index in [-0.39, 0.29) is 0 Å². The smallest absolute Gasteiger partial charge is 0.190 e. The Labute approximate surface area is 179 Å². The number of imidazole rings is 1. The van der Waals surface area contributed by atoms with Crippen LogP contribution in [0.4, 0.5) is 5.69 Å². The minimum absolute atomic E-state index is 0.746. The minimum atomic E-state index is 0.746. The van der Waals surface area contributed by atoms with E-state index in [1.54, 1.807) is 11.3 Å². The zero-order valence-corrected chi connectivity index (χ0v) is 18.1. The van der Waals surface area contributed by atoms with Crippen molar-refractivity contribution < 1.29 is 0 Å². The summed E-state index contributed by atoms with van der Waals surface area (Å²) >= 11 is 7.76. The van der Waals surface area contributed by atoms with Crippen molar-refractivity contribution in [3.63, 3.8) is 0 Å². The van der Waals surface area contributed by atoms with Crippen LogP contribution in [0.1, 0.15) is 17.5 Å². The first kappa shape index (κ1) is 19.7. The molecule has 4 nitrogen and oxygen atoms in total. The Kier molecular flexibility index (Phi) is 5.97. The van der Waals surface area contributed by atoms with E-state index < -0.39 is 0 Å². The number of aromatic nitrogens is 3. The maximum Gasteiger partial charge on any atom is 0.190 e. The quantitative estimate of drug-likeness (QED) is 0.375. The zero-order chi connectivity index (χ0) is 20.2. The molecule has 0 saturated carbocycles. The monoisotopic (exact) mass is 422 g/mol. The van der Waals surface area contributed by atoms with Gasteiger partial charge < -0.3 is 9.13 Å². The fraction of sp³-hybridized carbons (Fsp3) is 0.217. The van der Waals surface area contributed by atoms with Gasteiger partial charge in [-0.1, -0.05) is 29.8 Å². The molecule has 2 aromatic heterocycles. The summed E-state index contributed by atoms with van der Waals surface area (Å²) in [5, 5.41) is 2.93. The fourth-order valence-corrected chi connectivity index (χ4v) is 4.30. The van der Waals surface area contributed by atoms with Crippen molar-refractivity contribution in [3.05, 3.63) is 87.5 Å². The molecule has 2 aromatic carbocycles. The Morgan fingerprint density at radius 3 is 2.59 bits per heavy atom. The molecule has 4 rings (SSSR count). The molecule has 0 N–H and O–H groups in total. The van der Waals surface area contributed by atoms with E-state index in [9.17, 15) is 0 Å². The van der Waals surface area contributed by atoms with Crippen molar-refractivity contribution in [2.75, 3.05) is 0 Å². The molecule has 0 atom stereocenters. The molecule has 0 saturated heterocycles. The first-order chi connectivity index (χ1) is 14.1. The van der Waals surface area contributed by atoms with Crippen LogP contribution >= 0.6 is 22.9 Å². The topological polar surface area (TPSA) is 35.1 Å². The summed E-state index contributed by atoms with van der Waals surface area (Å²) < 4.78 is 4.41. The van der Waals surface area contributed by atoms with Gasteiger partial charge in [0.15, 0.2) is 4.80 Å². The van der Waals surface area contributed by atoms with Gasteiger partial charge in [0.2, 0.25) is 0 Å². The molecule has 148 valence electrons. The number of thiazole rings is 1. The maximum absolute atomic E-state index is 6.09. The second-order valence-corrected chi connectivity index (χ2v) is 8.37. The third-order valence-electron chi connectivity index (χ3n) is 5.01. The molecule has 0 aliphatic carbocycles. The molecule has 0 bridgehead atoms. The van der Waals surface area contributed by atoms with E-state index in [4.69, 9.17) is 16.6 Å². The highest BCUT2D eigenvalue weighted by Crippen LogP contribution is 2.23. The van der Waals surface area contributed by atoms with E-state index in [1.165, 1.54) is 16.8 Å². The Hall–Kier alpha value is -2.63. The van der Waals surface area contributed by atoms with Crippen molar-refractivity contribution in [3.8, 4) is 11.3 Å². The lowest BCUT2D eigenvalue weighted by Gasteiger charge is -2.10. The Bertz CT molecular complexity index is 1150. The van der Waals surface area contributed by atoms with Gasteiger partial charge in [0.1, 0.15) is 0 Å². The summed E-state index contributed by atoms with van der Waals surface area (Å²) in [5.74, 6) is 0. The summed E-state index contributed by atoms with van der Waals surface area (Å²) in [4.78, 5) is 10.1. The molecule has 0 aliphatic heterocycles. The number of hydrogen-bond donors (Lipinski definition) is 0. The summed E-state index contributed by atoms with van der Waals surface area (Å²) in [5.41, 5.74) is 5.84. The lowest BCUT2D eigenvalue weighted by atomic mass is 10.1. The summed E-state index contributed by atoms with van der Waals surface area (Å²) in [6.07, 6.45) is 6.67. The number of aryl methyl sites for hydroxylation is 3. The van der Waals surface area contributed by atoms with E-state index >= 15 is 0 Å². The van der Waals surface area contributed by atoms with E-state index in [0.29, 0.717) is 0 Å². The van der Waals surface area contributed by atoms with Gasteiger partial charge in [-0.05, 0) is 61.2 Å². The Morgan fingerprint density at radius 2 is 1.86 bits per heavy atom. The molecule has 0 radical (unpaired) electrons. The summed E-state index contributed by atoms with van der Waals surface area (Å²) in [6, 6.07) is 14.4. The van der Waals surface area contributed by atoms with Crippen molar-refractivity contribution in [1.29, 1.82) is 0 Å². The van der Waals surface area contributed by atoms with Crippen molar-refractivity contribution >= 4 is 28.6 Å². The fourth-order valence-electron chi connectivity index (χ4n) is 3.22. The molecule has 0 amide bonds. The number of benzene rings is 2. The Balaban J connectivity index is 1.70. The van der Waals surface area contributed by atoms with Crippen LogP contribution in [-0.2, 0) is 13.1 Å². The highest BCUT2D eigenvalue weighted by molar-refractivity contribution is 7.07. The summed E-state index contributed by atoms with van der Waals surface area (Å²) in [7, 11) is 0. The van der Waals surface area contributed by atoms with Crippen LogP contribution in [0.25, 0.3) is 11.3 Å². The van der Waals surface area contributed by atoms with Crippen LogP contribution in [0.15, 0.2) is 71.6 Å². The largest absolute Gasteiger partial charge is 0.337 e. The van der Waals surface area contributed by atoms with Crippen LogP contribution in [0, 0.1) is 13.8 Å². The van der Waals surface area contributed by atoms with Gasteiger partial charge >= 0.3 is 0 Å². The van der Waals surface area contributed by atoms with Crippen molar-refractivity contribution in [1.82, 2.24) is 14.1 Å². The van der Waals surface area contributed by atoms with Crippen LogP contribution in [-0.4, -0.2) is 14.1 Å². The molecule has 0 unspecified atom stereocenters. The number of halogens is 1. The normalized spacial score (nSPS) is 11.9. The van der Waals surface area contributed by atoms with Crippen LogP contribution < -0.4 is 4.80 Å². The van der Waals surface area contributed by atoms with Crippen molar-refractivity contribution in [2.24, 2.45) is 4.99 Å². The number of rotatable bonds is 6. The van der Waals surface area contributed by atoms with Crippen LogP contribution in [0.3, 0.4) is 0 Å². The SMILES string of the molecule is Cc1ccc(N=c2scc(-c3ccc(Cl)cc3)n2CCCn2ccnc2)cc1C. The summed E-state index contributed by atoms with van der Waals surface area (Å²) in [6.45, 7) is 6.05. The second-order valence-electron chi connectivity index (χ2n) is 7.10. The van der Waals surface area contributed by atoms with Gasteiger partial charge in [0, 0.05) is 35.9 Å². The van der Waals surface area contributed by atoms with Gasteiger partial charge in [-0.3, -0.25) is 0 Å². The van der Waals surface area contributed by atoms with E-state index in [2.05, 4.69) is 63.7 Å². The lowest BCUT2D eigenvalue weighted by molar-refractivity contribution is 0.559. The molecular weight excluding hydrogens is 400 g/mol. The molecule has 0 spiro atoms. The van der Waals surface area contributed by atoms with Gasteiger partial charge in [-0.15, -0.1) is 11.3 Å². The zero-order valence-electron chi connectivity index (χ0n) is 16.5. The van der Waals surface area contributed by atoms with Gasteiger partial charge in [-0.2, -0.15) is 0 Å². The van der Waals surface area contributed by atoms with E-state index in [0.717, 1.165) is 40.6 Å². The third-order valence-corrected chi connectivity index (χ3v) is 6.13. The number of hydrogen-bond acceptors (Lipinski definition) is 3. The number of nitrogens with zero attached hydrogens (tertiary/aromatic N) is 4. The predicted molar refractivity (Wildman–Crippen MR) is 121 cm³/mol. The average molecular weight is 423 g/mol. The van der Waals surface area contributed by atoms with Crippen molar-refractivity contribution in [2.45, 2.75) is 33.4 Å². The maximum atomic E-state index is 6.09. The Morgan fingerprint density at radius 1 is 1.03 bits per heavy atom. The lowest BCUT2D eigenvalue weighted by Crippen LogP contribution is -2.17. The van der Waals surface area contributed by atoms with Gasteiger partial charge in [-0.25, -0.2) is 9.98 Å². The highest BCUT2D eigenvalue weighted by Gasteiger charge is 2.09. The third kappa shape index (κ3) is 4.69. The van der Waals surface area contributed by atoms with E-state index in [1.807, 2.05) is 30.9 Å². The van der Waals surface area contributed by atoms with Crippen LogP contribution in [0.2, 0.25) is 5.02 Å². The molecule has 0 aliphatic rings. The molecule has 0 fully saturated rings. The average Bonchev–Trinajstić information content (AvgIpc) is 3.36. The standard InChI is InChI=1S/C23H23ClN4S/c1-17-4-9-21(14-18(17)2)26-23-28(12-3-11-27-13-10-25-16-27)22(15-29-23)19-5-7-20(24)8-6-19/h4-10,13-16H,3,11-12H2,1-2H3. The highest BCUT2D eigenvalue weighted by atomic mass is 35.5. The predicted octanol–water partition coefficient (Wildman–Crippen LogP) is 6.01.